The summed E-state index contributed by atoms with van der Waals surface area (Å²) in [6, 6.07) is 0.456. The van der Waals surface area contributed by atoms with Crippen LogP contribution < -0.4 is 16.0 Å². The van der Waals surface area contributed by atoms with E-state index in [1.807, 2.05) is 0 Å². The number of anilines is 3. The number of nitrogens with two attached hydrogens (primary N) is 1. The Bertz CT molecular complexity index is 457. The van der Waals surface area contributed by atoms with Crippen LogP contribution in [0.15, 0.2) is 0 Å². The maximum atomic E-state index is 5.84. The average Bonchev–Trinajstić information content (AvgIpc) is 2.95. The molecule has 1 saturated carbocycles. The first-order valence-electron chi connectivity index (χ1n) is 7.75. The Balaban J connectivity index is 1.75. The molecule has 6 nitrogen and oxygen atoms in total. The minimum Gasteiger partial charge on any atom is -0.368 e. The molecule has 1 aromatic heterocycles. The predicted octanol–water partition coefficient (Wildman–Crippen LogP) is 2.04. The van der Waals surface area contributed by atoms with Crippen molar-refractivity contribution in [3.8, 4) is 0 Å². The standard InChI is InChI=1S/C14H24N6/c1-10-6-2-3-7-11(10)16-13-17-12(15)18-14(19-13)20-8-4-5-9-20/h10-11H,2-9H2,1H3,(H3,15,16,17,18,19). The Morgan fingerprint density at radius 2 is 1.80 bits per heavy atom. The second kappa shape index (κ2) is 5.81. The van der Waals surface area contributed by atoms with Crippen LogP contribution in [0.1, 0.15) is 45.4 Å². The summed E-state index contributed by atoms with van der Waals surface area (Å²) < 4.78 is 0. The van der Waals surface area contributed by atoms with Gasteiger partial charge in [-0.2, -0.15) is 15.0 Å². The molecular formula is C14H24N6. The number of rotatable bonds is 3. The van der Waals surface area contributed by atoms with Crippen LogP contribution in [0.3, 0.4) is 0 Å². The topological polar surface area (TPSA) is 80.0 Å². The summed E-state index contributed by atoms with van der Waals surface area (Å²) in [6.07, 6.45) is 7.48. The number of nitrogens with one attached hydrogen (secondary N) is 1. The van der Waals surface area contributed by atoms with Crippen LogP contribution in [0, 0.1) is 5.92 Å². The molecule has 2 atom stereocenters. The molecule has 20 heavy (non-hydrogen) atoms. The van der Waals surface area contributed by atoms with Crippen molar-refractivity contribution in [1.29, 1.82) is 0 Å². The number of hydrogen-bond donors (Lipinski definition) is 2. The third-order valence-corrected chi connectivity index (χ3v) is 4.46. The van der Waals surface area contributed by atoms with Crippen LogP contribution in [0.4, 0.5) is 17.8 Å². The molecule has 1 aromatic rings. The van der Waals surface area contributed by atoms with E-state index in [2.05, 4.69) is 32.1 Å². The highest BCUT2D eigenvalue weighted by atomic mass is 15.3. The maximum Gasteiger partial charge on any atom is 0.231 e. The fourth-order valence-corrected chi connectivity index (χ4v) is 3.20. The van der Waals surface area contributed by atoms with Crippen LogP contribution in [0.2, 0.25) is 0 Å². The molecule has 2 fully saturated rings. The summed E-state index contributed by atoms with van der Waals surface area (Å²) in [5.74, 6) is 2.34. The molecule has 2 aliphatic rings. The largest absolute Gasteiger partial charge is 0.368 e. The average molecular weight is 276 g/mol. The summed E-state index contributed by atoms with van der Waals surface area (Å²) in [6.45, 7) is 4.33. The fraction of sp³-hybridized carbons (Fsp3) is 0.786. The third-order valence-electron chi connectivity index (χ3n) is 4.46. The quantitative estimate of drug-likeness (QED) is 0.879. The van der Waals surface area contributed by atoms with Crippen LogP contribution in [-0.4, -0.2) is 34.1 Å². The lowest BCUT2D eigenvalue weighted by atomic mass is 9.86. The zero-order valence-electron chi connectivity index (χ0n) is 12.2. The second-order valence-corrected chi connectivity index (χ2v) is 6.02. The van der Waals surface area contributed by atoms with E-state index >= 15 is 0 Å². The van der Waals surface area contributed by atoms with Gasteiger partial charge in [0.1, 0.15) is 0 Å². The van der Waals surface area contributed by atoms with Crippen LogP contribution >= 0.6 is 0 Å². The van der Waals surface area contributed by atoms with Gasteiger partial charge >= 0.3 is 0 Å². The van der Waals surface area contributed by atoms with Gasteiger partial charge in [0.2, 0.25) is 17.8 Å². The molecule has 110 valence electrons. The van der Waals surface area contributed by atoms with Gasteiger partial charge in [0.25, 0.3) is 0 Å². The van der Waals surface area contributed by atoms with Crippen molar-refractivity contribution in [1.82, 2.24) is 15.0 Å². The lowest BCUT2D eigenvalue weighted by Gasteiger charge is -2.29. The highest BCUT2D eigenvalue weighted by Crippen LogP contribution is 2.26. The highest BCUT2D eigenvalue weighted by Gasteiger charge is 2.23. The van der Waals surface area contributed by atoms with Gasteiger partial charge in [-0.25, -0.2) is 0 Å². The van der Waals surface area contributed by atoms with Gasteiger partial charge in [0, 0.05) is 19.1 Å². The van der Waals surface area contributed by atoms with E-state index in [0.717, 1.165) is 19.0 Å². The molecular weight excluding hydrogens is 252 g/mol. The third kappa shape index (κ3) is 2.94. The minimum absolute atomic E-state index is 0.313. The Hall–Kier alpha value is -1.59. The number of hydrogen-bond acceptors (Lipinski definition) is 6. The van der Waals surface area contributed by atoms with E-state index in [1.54, 1.807) is 0 Å². The Kier molecular flexibility index (Phi) is 3.89. The van der Waals surface area contributed by atoms with Gasteiger partial charge in [-0.05, 0) is 31.6 Å². The van der Waals surface area contributed by atoms with E-state index in [9.17, 15) is 0 Å². The van der Waals surface area contributed by atoms with Gasteiger partial charge in [-0.1, -0.05) is 19.8 Å². The first-order valence-corrected chi connectivity index (χ1v) is 7.75. The Labute approximate surface area is 120 Å². The molecule has 2 heterocycles. The lowest BCUT2D eigenvalue weighted by molar-refractivity contribution is 0.348. The maximum absolute atomic E-state index is 5.84. The highest BCUT2D eigenvalue weighted by molar-refractivity contribution is 5.43. The molecule has 0 amide bonds. The van der Waals surface area contributed by atoms with Crippen LogP contribution in [0.5, 0.6) is 0 Å². The van der Waals surface area contributed by atoms with E-state index in [4.69, 9.17) is 5.73 Å². The van der Waals surface area contributed by atoms with Gasteiger partial charge in [0.15, 0.2) is 0 Å². The molecule has 1 aliphatic heterocycles. The molecule has 0 bridgehead atoms. The number of nitrogens with zero attached hydrogens (tertiary/aromatic N) is 4. The van der Waals surface area contributed by atoms with Crippen molar-refractivity contribution in [3.05, 3.63) is 0 Å². The second-order valence-electron chi connectivity index (χ2n) is 6.02. The summed E-state index contributed by atoms with van der Waals surface area (Å²) in [7, 11) is 0. The normalized spacial score (nSPS) is 26.8. The Morgan fingerprint density at radius 3 is 2.55 bits per heavy atom. The predicted molar refractivity (Wildman–Crippen MR) is 80.7 cm³/mol. The Morgan fingerprint density at radius 1 is 1.05 bits per heavy atom. The molecule has 0 aromatic carbocycles. The van der Waals surface area contributed by atoms with Crippen LogP contribution in [-0.2, 0) is 0 Å². The number of aromatic nitrogens is 3. The first kappa shape index (κ1) is 13.4. The van der Waals surface area contributed by atoms with E-state index in [1.165, 1.54) is 38.5 Å². The van der Waals surface area contributed by atoms with E-state index < -0.39 is 0 Å². The van der Waals surface area contributed by atoms with Gasteiger partial charge in [-0.15, -0.1) is 0 Å². The van der Waals surface area contributed by atoms with E-state index in [-0.39, 0.29) is 0 Å². The molecule has 6 heteroatoms. The molecule has 3 rings (SSSR count). The summed E-state index contributed by atoms with van der Waals surface area (Å²) in [4.78, 5) is 15.3. The molecule has 1 saturated heterocycles. The van der Waals surface area contributed by atoms with Crippen molar-refractivity contribution in [2.45, 2.75) is 51.5 Å². The lowest BCUT2D eigenvalue weighted by Crippen LogP contribution is -2.31. The van der Waals surface area contributed by atoms with Crippen LogP contribution in [0.25, 0.3) is 0 Å². The zero-order valence-corrected chi connectivity index (χ0v) is 12.2. The molecule has 1 aliphatic carbocycles. The van der Waals surface area contributed by atoms with Crippen molar-refractivity contribution < 1.29 is 0 Å². The fourth-order valence-electron chi connectivity index (χ4n) is 3.20. The molecule has 0 spiro atoms. The molecule has 3 N–H and O–H groups in total. The van der Waals surface area contributed by atoms with Crippen molar-refractivity contribution in [2.24, 2.45) is 5.92 Å². The minimum atomic E-state index is 0.313. The zero-order chi connectivity index (χ0) is 13.9. The van der Waals surface area contributed by atoms with E-state index in [0.29, 0.717) is 23.9 Å². The van der Waals surface area contributed by atoms with Gasteiger partial charge in [-0.3, -0.25) is 0 Å². The van der Waals surface area contributed by atoms with Crippen molar-refractivity contribution >= 4 is 17.8 Å². The first-order chi connectivity index (χ1) is 9.72. The molecule has 2 unspecified atom stereocenters. The summed E-state index contributed by atoms with van der Waals surface area (Å²) in [5.41, 5.74) is 5.84. The SMILES string of the molecule is CC1CCCCC1Nc1nc(N)nc(N2CCCC2)n1. The smallest absolute Gasteiger partial charge is 0.231 e. The number of nitrogen functional groups attached to an aromatic ring is 1. The van der Waals surface area contributed by atoms with Gasteiger partial charge < -0.3 is 16.0 Å². The van der Waals surface area contributed by atoms with Gasteiger partial charge in [0.05, 0.1) is 0 Å². The van der Waals surface area contributed by atoms with Crippen molar-refractivity contribution in [3.63, 3.8) is 0 Å². The summed E-state index contributed by atoms with van der Waals surface area (Å²) in [5, 5.41) is 3.47. The molecule has 0 radical (unpaired) electrons. The summed E-state index contributed by atoms with van der Waals surface area (Å²) >= 11 is 0. The van der Waals surface area contributed by atoms with Crippen molar-refractivity contribution in [2.75, 3.05) is 29.0 Å². The monoisotopic (exact) mass is 276 g/mol.